The van der Waals surface area contributed by atoms with Crippen molar-refractivity contribution in [1.82, 2.24) is 4.90 Å². The molecule has 2 heteroatoms. The third-order valence-electron chi connectivity index (χ3n) is 3.44. The SMILES string of the molecule is CC(C)CN(C)CC1CCCCCC1N. The monoisotopic (exact) mass is 212 g/mol. The molecule has 1 rings (SSSR count). The molecule has 0 spiro atoms. The first-order valence-electron chi connectivity index (χ1n) is 6.53. The number of hydrogen-bond acceptors (Lipinski definition) is 2. The second kappa shape index (κ2) is 6.49. The van der Waals surface area contributed by atoms with Crippen molar-refractivity contribution in [2.24, 2.45) is 17.6 Å². The van der Waals surface area contributed by atoms with Crippen molar-refractivity contribution in [2.75, 3.05) is 20.1 Å². The normalized spacial score (nSPS) is 28.4. The van der Waals surface area contributed by atoms with Crippen LogP contribution in [0.4, 0.5) is 0 Å². The summed E-state index contributed by atoms with van der Waals surface area (Å²) < 4.78 is 0. The van der Waals surface area contributed by atoms with Crippen LogP contribution in [-0.4, -0.2) is 31.1 Å². The van der Waals surface area contributed by atoms with Crippen molar-refractivity contribution < 1.29 is 0 Å². The Kier molecular flexibility index (Phi) is 5.62. The third-order valence-corrected chi connectivity index (χ3v) is 3.44. The fourth-order valence-corrected chi connectivity index (χ4v) is 2.74. The molecule has 2 nitrogen and oxygen atoms in total. The molecule has 0 aromatic heterocycles. The van der Waals surface area contributed by atoms with Gasteiger partial charge in [0.15, 0.2) is 0 Å². The predicted octanol–water partition coefficient (Wildman–Crippen LogP) is 2.48. The number of rotatable bonds is 4. The number of hydrogen-bond donors (Lipinski definition) is 1. The van der Waals surface area contributed by atoms with Gasteiger partial charge in [0.05, 0.1) is 0 Å². The van der Waals surface area contributed by atoms with Gasteiger partial charge in [0.1, 0.15) is 0 Å². The molecule has 0 heterocycles. The van der Waals surface area contributed by atoms with E-state index < -0.39 is 0 Å². The van der Waals surface area contributed by atoms with Crippen LogP contribution in [-0.2, 0) is 0 Å². The van der Waals surface area contributed by atoms with Crippen LogP contribution in [0, 0.1) is 11.8 Å². The maximum absolute atomic E-state index is 6.23. The maximum Gasteiger partial charge on any atom is 0.00793 e. The zero-order chi connectivity index (χ0) is 11.3. The van der Waals surface area contributed by atoms with Crippen molar-refractivity contribution >= 4 is 0 Å². The highest BCUT2D eigenvalue weighted by atomic mass is 15.1. The Morgan fingerprint density at radius 1 is 1.20 bits per heavy atom. The zero-order valence-corrected chi connectivity index (χ0v) is 10.7. The summed E-state index contributed by atoms with van der Waals surface area (Å²) in [4.78, 5) is 2.46. The standard InChI is InChI=1S/C13H28N2/c1-11(2)9-15(3)10-12-7-5-4-6-8-13(12)14/h11-13H,4-10,14H2,1-3H3. The summed E-state index contributed by atoms with van der Waals surface area (Å²) in [6.07, 6.45) is 6.68. The molecule has 0 radical (unpaired) electrons. The minimum Gasteiger partial charge on any atom is -0.327 e. The van der Waals surface area contributed by atoms with Gasteiger partial charge in [0.2, 0.25) is 0 Å². The smallest absolute Gasteiger partial charge is 0.00793 e. The lowest BCUT2D eigenvalue weighted by molar-refractivity contribution is 0.224. The Labute approximate surface area is 95.2 Å². The number of nitrogens with zero attached hydrogens (tertiary/aromatic N) is 1. The first-order valence-corrected chi connectivity index (χ1v) is 6.53. The molecule has 1 aliphatic carbocycles. The van der Waals surface area contributed by atoms with Crippen LogP contribution in [0.3, 0.4) is 0 Å². The molecule has 0 amide bonds. The van der Waals surface area contributed by atoms with Gasteiger partial charge in [-0.2, -0.15) is 0 Å². The summed E-state index contributed by atoms with van der Waals surface area (Å²) in [5.41, 5.74) is 6.23. The van der Waals surface area contributed by atoms with E-state index in [4.69, 9.17) is 5.73 Å². The molecule has 0 aliphatic heterocycles. The van der Waals surface area contributed by atoms with Crippen molar-refractivity contribution in [3.05, 3.63) is 0 Å². The molecular weight excluding hydrogens is 184 g/mol. The van der Waals surface area contributed by atoms with Crippen LogP contribution in [0.5, 0.6) is 0 Å². The van der Waals surface area contributed by atoms with Crippen molar-refractivity contribution in [3.63, 3.8) is 0 Å². The van der Waals surface area contributed by atoms with Gasteiger partial charge in [-0.15, -0.1) is 0 Å². The first kappa shape index (κ1) is 13.0. The summed E-state index contributed by atoms with van der Waals surface area (Å²) in [6, 6.07) is 0.446. The molecule has 0 bridgehead atoms. The van der Waals surface area contributed by atoms with Gasteiger partial charge in [-0.1, -0.05) is 33.1 Å². The van der Waals surface area contributed by atoms with Crippen molar-refractivity contribution in [1.29, 1.82) is 0 Å². The minimum absolute atomic E-state index is 0.446. The van der Waals surface area contributed by atoms with E-state index in [1.165, 1.54) is 45.2 Å². The Bertz CT molecular complexity index is 168. The highest BCUT2D eigenvalue weighted by Gasteiger charge is 2.21. The summed E-state index contributed by atoms with van der Waals surface area (Å²) >= 11 is 0. The molecule has 1 saturated carbocycles. The fourth-order valence-electron chi connectivity index (χ4n) is 2.74. The Morgan fingerprint density at radius 3 is 2.53 bits per heavy atom. The van der Waals surface area contributed by atoms with E-state index in [2.05, 4.69) is 25.8 Å². The van der Waals surface area contributed by atoms with Gasteiger partial charge in [0, 0.05) is 19.1 Å². The van der Waals surface area contributed by atoms with Crippen LogP contribution >= 0.6 is 0 Å². The Balaban J connectivity index is 2.33. The molecule has 2 unspecified atom stereocenters. The van der Waals surface area contributed by atoms with Crippen LogP contribution in [0.15, 0.2) is 0 Å². The van der Waals surface area contributed by atoms with E-state index in [0.29, 0.717) is 6.04 Å². The van der Waals surface area contributed by atoms with Gasteiger partial charge >= 0.3 is 0 Å². The third kappa shape index (κ3) is 4.98. The summed E-state index contributed by atoms with van der Waals surface area (Å²) in [7, 11) is 2.23. The van der Waals surface area contributed by atoms with Crippen LogP contribution in [0.2, 0.25) is 0 Å². The Morgan fingerprint density at radius 2 is 1.87 bits per heavy atom. The van der Waals surface area contributed by atoms with Gasteiger partial charge in [-0.3, -0.25) is 0 Å². The molecule has 1 fully saturated rings. The van der Waals surface area contributed by atoms with E-state index in [0.717, 1.165) is 11.8 Å². The number of nitrogens with two attached hydrogens (primary N) is 1. The predicted molar refractivity (Wildman–Crippen MR) is 66.9 cm³/mol. The van der Waals surface area contributed by atoms with Gasteiger partial charge in [-0.05, 0) is 31.7 Å². The zero-order valence-electron chi connectivity index (χ0n) is 10.7. The minimum atomic E-state index is 0.446. The van der Waals surface area contributed by atoms with Crippen molar-refractivity contribution in [2.45, 2.75) is 52.0 Å². The van der Waals surface area contributed by atoms with Gasteiger partial charge < -0.3 is 10.6 Å². The average Bonchev–Trinajstić information content (AvgIpc) is 2.30. The molecule has 2 atom stereocenters. The molecule has 0 aromatic rings. The molecule has 90 valence electrons. The molecule has 15 heavy (non-hydrogen) atoms. The average molecular weight is 212 g/mol. The van der Waals surface area contributed by atoms with Gasteiger partial charge in [0.25, 0.3) is 0 Å². The van der Waals surface area contributed by atoms with Crippen LogP contribution in [0.1, 0.15) is 46.0 Å². The summed E-state index contributed by atoms with van der Waals surface area (Å²) in [5, 5.41) is 0. The highest BCUT2D eigenvalue weighted by Crippen LogP contribution is 2.22. The lowest BCUT2D eigenvalue weighted by atomic mass is 9.95. The van der Waals surface area contributed by atoms with Gasteiger partial charge in [-0.25, -0.2) is 0 Å². The van der Waals surface area contributed by atoms with E-state index in [1.807, 2.05) is 0 Å². The summed E-state index contributed by atoms with van der Waals surface area (Å²) in [6.45, 7) is 6.95. The van der Waals surface area contributed by atoms with E-state index >= 15 is 0 Å². The maximum atomic E-state index is 6.23. The highest BCUT2D eigenvalue weighted by molar-refractivity contribution is 4.78. The fraction of sp³-hybridized carbons (Fsp3) is 1.00. The van der Waals surface area contributed by atoms with Crippen molar-refractivity contribution in [3.8, 4) is 0 Å². The molecule has 1 aliphatic rings. The molecule has 0 saturated heterocycles. The first-order chi connectivity index (χ1) is 7.09. The van der Waals surface area contributed by atoms with E-state index in [9.17, 15) is 0 Å². The second-order valence-corrected chi connectivity index (χ2v) is 5.68. The quantitative estimate of drug-likeness (QED) is 0.725. The summed E-state index contributed by atoms with van der Waals surface area (Å²) in [5.74, 6) is 1.49. The Hall–Kier alpha value is -0.0800. The second-order valence-electron chi connectivity index (χ2n) is 5.68. The van der Waals surface area contributed by atoms with Crippen LogP contribution in [0.25, 0.3) is 0 Å². The van der Waals surface area contributed by atoms with E-state index in [-0.39, 0.29) is 0 Å². The molecule has 2 N–H and O–H groups in total. The van der Waals surface area contributed by atoms with Crippen LogP contribution < -0.4 is 5.73 Å². The molecular formula is C13H28N2. The lowest BCUT2D eigenvalue weighted by Gasteiger charge is -2.28. The largest absolute Gasteiger partial charge is 0.327 e. The topological polar surface area (TPSA) is 29.3 Å². The van der Waals surface area contributed by atoms with E-state index in [1.54, 1.807) is 0 Å². The molecule has 0 aromatic carbocycles. The lowest BCUT2D eigenvalue weighted by Crippen LogP contribution is -2.38.